The van der Waals surface area contributed by atoms with Crippen LogP contribution in [0.1, 0.15) is 6.92 Å². The Kier molecular flexibility index (Phi) is 4.01. The zero-order chi connectivity index (χ0) is 11.4. The van der Waals surface area contributed by atoms with Crippen molar-refractivity contribution in [2.75, 3.05) is 23.0 Å². The third-order valence-corrected chi connectivity index (χ3v) is 4.19. The average molecular weight is 253 g/mol. The van der Waals surface area contributed by atoms with Crippen molar-refractivity contribution in [3.05, 3.63) is 18.2 Å². The third kappa shape index (κ3) is 2.86. The van der Waals surface area contributed by atoms with Gasteiger partial charge in [-0.2, -0.15) is 11.8 Å². The first kappa shape index (κ1) is 11.7. The van der Waals surface area contributed by atoms with Gasteiger partial charge in [0.25, 0.3) is 0 Å². The number of hydrogen-bond acceptors (Lipinski definition) is 4. The van der Waals surface area contributed by atoms with Crippen LogP contribution >= 0.6 is 23.5 Å². The van der Waals surface area contributed by atoms with Gasteiger partial charge in [0, 0.05) is 17.2 Å². The molecule has 1 aromatic carbocycles. The summed E-state index contributed by atoms with van der Waals surface area (Å²) in [5, 5.41) is 0.984. The number of nitrogens with zero attached hydrogens (tertiary/aromatic N) is 1. The number of benzene rings is 1. The van der Waals surface area contributed by atoms with E-state index in [0.717, 1.165) is 27.6 Å². The summed E-state index contributed by atoms with van der Waals surface area (Å²) in [6.07, 6.45) is 0. The van der Waals surface area contributed by atoms with E-state index in [1.807, 2.05) is 30.0 Å². The minimum atomic E-state index is 0.772. The number of fused-ring (bicyclic) bond motifs is 1. The van der Waals surface area contributed by atoms with Gasteiger partial charge >= 0.3 is 0 Å². The Morgan fingerprint density at radius 1 is 1.38 bits per heavy atom. The monoisotopic (exact) mass is 253 g/mol. The summed E-state index contributed by atoms with van der Waals surface area (Å²) in [6, 6.07) is 5.75. The molecular weight excluding hydrogens is 238 g/mol. The van der Waals surface area contributed by atoms with Gasteiger partial charge in [0.2, 0.25) is 0 Å². The van der Waals surface area contributed by atoms with E-state index in [1.165, 1.54) is 11.5 Å². The van der Waals surface area contributed by atoms with Crippen LogP contribution in [0.25, 0.3) is 11.0 Å². The highest BCUT2D eigenvalue weighted by Crippen LogP contribution is 2.21. The molecule has 0 radical (unpaired) electrons. The lowest BCUT2D eigenvalue weighted by molar-refractivity contribution is 1.08. The minimum Gasteiger partial charge on any atom is -0.399 e. The van der Waals surface area contributed by atoms with Crippen molar-refractivity contribution < 1.29 is 0 Å². The van der Waals surface area contributed by atoms with Crippen molar-refractivity contribution in [1.82, 2.24) is 9.97 Å². The summed E-state index contributed by atoms with van der Waals surface area (Å²) in [6.45, 7) is 2.18. The average Bonchev–Trinajstić information content (AvgIpc) is 2.66. The van der Waals surface area contributed by atoms with E-state index >= 15 is 0 Å². The second-order valence-electron chi connectivity index (χ2n) is 3.36. The lowest BCUT2D eigenvalue weighted by Gasteiger charge is -1.95. The summed E-state index contributed by atoms with van der Waals surface area (Å²) in [4.78, 5) is 7.77. The van der Waals surface area contributed by atoms with Crippen LogP contribution in [-0.4, -0.2) is 27.2 Å². The fourth-order valence-corrected chi connectivity index (χ4v) is 3.05. The molecular formula is C11H15N3S2. The predicted molar refractivity (Wildman–Crippen MR) is 74.2 cm³/mol. The maximum Gasteiger partial charge on any atom is 0.166 e. The molecule has 2 rings (SSSR count). The number of anilines is 1. The largest absolute Gasteiger partial charge is 0.399 e. The topological polar surface area (TPSA) is 54.7 Å². The Bertz CT molecular complexity index is 467. The van der Waals surface area contributed by atoms with Gasteiger partial charge in [0.05, 0.1) is 11.0 Å². The molecule has 0 aliphatic carbocycles. The van der Waals surface area contributed by atoms with Crippen LogP contribution in [0, 0.1) is 0 Å². The van der Waals surface area contributed by atoms with Gasteiger partial charge in [-0.15, -0.1) is 0 Å². The van der Waals surface area contributed by atoms with Crippen molar-refractivity contribution in [3.8, 4) is 0 Å². The lowest BCUT2D eigenvalue weighted by Crippen LogP contribution is -1.85. The van der Waals surface area contributed by atoms with Crippen molar-refractivity contribution in [1.29, 1.82) is 0 Å². The van der Waals surface area contributed by atoms with Crippen molar-refractivity contribution in [2.45, 2.75) is 12.1 Å². The van der Waals surface area contributed by atoms with Gasteiger partial charge in [-0.25, -0.2) is 4.98 Å². The second-order valence-corrected chi connectivity index (χ2v) is 5.84. The normalized spacial score (nSPS) is 11.1. The van der Waals surface area contributed by atoms with Gasteiger partial charge in [0.1, 0.15) is 0 Å². The van der Waals surface area contributed by atoms with Crippen LogP contribution in [-0.2, 0) is 0 Å². The lowest BCUT2D eigenvalue weighted by atomic mass is 10.3. The van der Waals surface area contributed by atoms with E-state index in [4.69, 9.17) is 5.73 Å². The summed E-state index contributed by atoms with van der Waals surface area (Å²) in [5.74, 6) is 3.44. The van der Waals surface area contributed by atoms with Crippen LogP contribution in [0.3, 0.4) is 0 Å². The van der Waals surface area contributed by atoms with E-state index in [-0.39, 0.29) is 0 Å². The third-order valence-electron chi connectivity index (χ3n) is 2.15. The molecule has 0 amide bonds. The molecule has 0 atom stereocenters. The van der Waals surface area contributed by atoms with E-state index in [1.54, 1.807) is 11.8 Å². The van der Waals surface area contributed by atoms with Crippen LogP contribution in [0.5, 0.6) is 0 Å². The maximum absolute atomic E-state index is 5.71. The fourth-order valence-electron chi connectivity index (χ4n) is 1.41. The molecule has 0 unspecified atom stereocenters. The SMILES string of the molecule is CCSCCSc1nc2ccc(N)cc2[nH]1. The molecule has 1 aromatic heterocycles. The quantitative estimate of drug-likeness (QED) is 0.488. The first-order chi connectivity index (χ1) is 7.79. The molecule has 0 spiro atoms. The van der Waals surface area contributed by atoms with E-state index in [2.05, 4.69) is 16.9 Å². The summed E-state index contributed by atoms with van der Waals surface area (Å²) >= 11 is 3.72. The number of aromatic nitrogens is 2. The molecule has 0 aliphatic rings. The molecule has 86 valence electrons. The van der Waals surface area contributed by atoms with Gasteiger partial charge in [-0.05, 0) is 24.0 Å². The summed E-state index contributed by atoms with van der Waals surface area (Å²) in [7, 11) is 0. The zero-order valence-electron chi connectivity index (χ0n) is 9.19. The number of imidazole rings is 1. The van der Waals surface area contributed by atoms with Crippen LogP contribution in [0.2, 0.25) is 0 Å². The number of rotatable bonds is 5. The number of nitrogens with two attached hydrogens (primary N) is 1. The highest BCUT2D eigenvalue weighted by atomic mass is 32.2. The van der Waals surface area contributed by atoms with Crippen molar-refractivity contribution in [2.24, 2.45) is 0 Å². The molecule has 1 heterocycles. The van der Waals surface area contributed by atoms with E-state index in [9.17, 15) is 0 Å². The van der Waals surface area contributed by atoms with Crippen molar-refractivity contribution in [3.63, 3.8) is 0 Å². The molecule has 5 heteroatoms. The highest BCUT2D eigenvalue weighted by Gasteiger charge is 2.02. The van der Waals surface area contributed by atoms with E-state index in [0.29, 0.717) is 0 Å². The Morgan fingerprint density at radius 2 is 2.25 bits per heavy atom. The number of H-pyrrole nitrogens is 1. The molecule has 2 aromatic rings. The highest BCUT2D eigenvalue weighted by molar-refractivity contribution is 8.02. The maximum atomic E-state index is 5.71. The van der Waals surface area contributed by atoms with Gasteiger partial charge in [-0.1, -0.05) is 18.7 Å². The molecule has 0 bridgehead atoms. The Hall–Kier alpha value is -0.810. The minimum absolute atomic E-state index is 0.772. The van der Waals surface area contributed by atoms with Gasteiger partial charge in [-0.3, -0.25) is 0 Å². The molecule has 16 heavy (non-hydrogen) atoms. The molecule has 0 aliphatic heterocycles. The molecule has 0 saturated heterocycles. The first-order valence-electron chi connectivity index (χ1n) is 5.25. The number of hydrogen-bond donors (Lipinski definition) is 2. The van der Waals surface area contributed by atoms with Gasteiger partial charge < -0.3 is 10.7 Å². The molecule has 0 fully saturated rings. The fraction of sp³-hybridized carbons (Fsp3) is 0.364. The van der Waals surface area contributed by atoms with Crippen LogP contribution < -0.4 is 5.73 Å². The van der Waals surface area contributed by atoms with Crippen molar-refractivity contribution >= 4 is 40.2 Å². The first-order valence-corrected chi connectivity index (χ1v) is 7.39. The van der Waals surface area contributed by atoms with E-state index < -0.39 is 0 Å². The van der Waals surface area contributed by atoms with Gasteiger partial charge in [0.15, 0.2) is 5.16 Å². The summed E-state index contributed by atoms with van der Waals surface area (Å²) < 4.78 is 0. The van der Waals surface area contributed by atoms with Crippen LogP contribution in [0.4, 0.5) is 5.69 Å². The number of nitrogens with one attached hydrogen (secondary N) is 1. The van der Waals surface area contributed by atoms with Crippen LogP contribution in [0.15, 0.2) is 23.4 Å². The number of nitrogen functional groups attached to an aromatic ring is 1. The standard InChI is InChI=1S/C11H15N3S2/c1-2-15-5-6-16-11-13-9-4-3-8(12)7-10(9)14-11/h3-4,7H,2,5-6,12H2,1H3,(H,13,14). The zero-order valence-corrected chi connectivity index (χ0v) is 10.8. The Labute approximate surface area is 104 Å². The smallest absolute Gasteiger partial charge is 0.166 e. The number of aromatic amines is 1. The molecule has 3 N–H and O–H groups in total. The predicted octanol–water partition coefficient (Wildman–Crippen LogP) is 2.99. The molecule has 3 nitrogen and oxygen atoms in total. The summed E-state index contributed by atoms with van der Waals surface area (Å²) in [5.41, 5.74) is 8.49. The molecule has 0 saturated carbocycles. The second kappa shape index (κ2) is 5.50. The Morgan fingerprint density at radius 3 is 3.06 bits per heavy atom. The number of thioether (sulfide) groups is 2. The Balaban J connectivity index is 2.02.